The molecule has 0 aromatic heterocycles. The van der Waals surface area contributed by atoms with Crippen LogP contribution in [0.25, 0.3) is 0 Å². The lowest BCUT2D eigenvalue weighted by Crippen LogP contribution is -2.45. The molecule has 3 atom stereocenters. The van der Waals surface area contributed by atoms with Crippen LogP contribution in [0, 0.1) is 0 Å². The fourth-order valence-electron chi connectivity index (χ4n) is 8.10. The van der Waals surface area contributed by atoms with Crippen molar-refractivity contribution in [1.82, 2.24) is 5.32 Å². The lowest BCUT2D eigenvalue weighted by Gasteiger charge is -2.25. The minimum Gasteiger partial charge on any atom is -0.387 e. The average molecular weight is 1040 g/mol. The zero-order valence-electron chi connectivity index (χ0n) is 47.8. The molecule has 0 spiro atoms. The Morgan fingerprint density at radius 3 is 1.25 bits per heavy atom. The number of unbranched alkanes of at least 4 members (excludes halogenated alkanes) is 24. The number of rotatable bonds is 53. The fraction of sp³-hybridized carbons (Fsp3) is 0.703. The second-order valence-corrected chi connectivity index (χ2v) is 22.4. The summed E-state index contributed by atoms with van der Waals surface area (Å²) in [6, 6.07) is -0.919. The number of likely N-dealkylation sites (N-methyl/N-ethyl adjacent to an activating group) is 1. The SMILES string of the molecule is CC/C=C\C/C=C\C/C=C\C/C=C\C/C=C\C/C=C\CCC(=O)NC(COP(=O)(O)OCC[N+](C)(C)C)C(O)/C=C/CC/C=C/CC/C=C/CCCCCCCCCCCCCCCCCCCCCCCC. The Balaban J connectivity index is 4.31. The molecule has 0 radical (unpaired) electrons. The Kier molecular flexibility index (Phi) is 51.9. The molecule has 0 aromatic carbocycles. The number of nitrogens with zero attached hydrogens (tertiary/aromatic N) is 1. The first-order valence-electron chi connectivity index (χ1n) is 29.8. The Hall–Kier alpha value is -2.84. The van der Waals surface area contributed by atoms with Gasteiger partial charge in [-0.3, -0.25) is 13.8 Å². The van der Waals surface area contributed by atoms with E-state index >= 15 is 0 Å². The summed E-state index contributed by atoms with van der Waals surface area (Å²) in [5, 5.41) is 13.8. The van der Waals surface area contributed by atoms with Gasteiger partial charge < -0.3 is 19.8 Å². The molecular weight excluding hydrogens is 924 g/mol. The third kappa shape index (κ3) is 56.7. The van der Waals surface area contributed by atoms with E-state index < -0.39 is 20.0 Å². The van der Waals surface area contributed by atoms with Gasteiger partial charge in [-0.2, -0.15) is 0 Å². The topological polar surface area (TPSA) is 105 Å². The summed E-state index contributed by atoms with van der Waals surface area (Å²) in [5.41, 5.74) is 0. The minimum atomic E-state index is -4.39. The normalized spacial score (nSPS) is 14.7. The number of phosphoric ester groups is 1. The van der Waals surface area contributed by atoms with Crippen molar-refractivity contribution >= 4 is 13.7 Å². The Morgan fingerprint density at radius 1 is 0.479 bits per heavy atom. The molecule has 0 aromatic rings. The molecule has 0 aliphatic heterocycles. The highest BCUT2D eigenvalue weighted by Gasteiger charge is 2.27. The number of hydrogen-bond donors (Lipinski definition) is 3. The van der Waals surface area contributed by atoms with Crippen LogP contribution < -0.4 is 5.32 Å². The lowest BCUT2D eigenvalue weighted by atomic mass is 10.0. The molecule has 1 amide bonds. The molecule has 420 valence electrons. The molecule has 9 heteroatoms. The smallest absolute Gasteiger partial charge is 0.387 e. The molecule has 0 saturated heterocycles. The molecule has 0 aliphatic carbocycles. The van der Waals surface area contributed by atoms with Crippen LogP contribution in [0.5, 0.6) is 0 Å². The standard InChI is InChI=1S/C64H113N2O6P/c1-6-8-10-12-14-16-18-20-22-24-26-27-28-29-30-31-32-33-34-35-36-37-38-40-41-43-45-47-49-51-53-55-57-63(67)62(61-72-73(69,70)71-60-59-66(3,4)5)65-64(68)58-56-54-52-50-48-46-44-42-39-25-23-21-19-17-15-13-11-9-7-2/h9,11,15,17,21,23,39-42,46-49,52,54-55,57,62-63,67H,6-8,10,12-14,16,18-20,22,24-38,43-45,50-51,53,56,58-61H2,1-5H3,(H-,65,68,69,70)/p+1/b11-9-,17-15-,23-21-,41-40+,42-39-,48-46-,49-47+,54-52-,57-55+. The van der Waals surface area contributed by atoms with Gasteiger partial charge in [0.1, 0.15) is 13.2 Å². The van der Waals surface area contributed by atoms with Crippen molar-refractivity contribution in [2.24, 2.45) is 0 Å². The van der Waals surface area contributed by atoms with Gasteiger partial charge in [-0.05, 0) is 83.5 Å². The summed E-state index contributed by atoms with van der Waals surface area (Å²) in [6.07, 6.45) is 79.5. The van der Waals surface area contributed by atoms with Gasteiger partial charge in [0.2, 0.25) is 5.91 Å². The second kappa shape index (κ2) is 54.0. The van der Waals surface area contributed by atoms with Gasteiger partial charge in [-0.1, -0.05) is 258 Å². The summed E-state index contributed by atoms with van der Waals surface area (Å²) in [6.45, 7) is 4.62. The van der Waals surface area contributed by atoms with Crippen LogP contribution in [-0.2, 0) is 18.4 Å². The van der Waals surface area contributed by atoms with Crippen LogP contribution >= 0.6 is 7.82 Å². The predicted molar refractivity (Wildman–Crippen MR) is 318 cm³/mol. The summed E-state index contributed by atoms with van der Waals surface area (Å²) in [4.78, 5) is 23.2. The van der Waals surface area contributed by atoms with Crippen molar-refractivity contribution in [3.05, 3.63) is 109 Å². The third-order valence-electron chi connectivity index (χ3n) is 12.7. The first-order chi connectivity index (χ1) is 35.5. The largest absolute Gasteiger partial charge is 0.472 e. The van der Waals surface area contributed by atoms with Crippen molar-refractivity contribution in [3.63, 3.8) is 0 Å². The number of hydrogen-bond acceptors (Lipinski definition) is 5. The molecular formula is C64H114N2O6P+. The number of phosphoric acid groups is 1. The average Bonchev–Trinajstić information content (AvgIpc) is 3.35. The molecule has 0 bridgehead atoms. The number of nitrogens with one attached hydrogen (secondary N) is 1. The Morgan fingerprint density at radius 2 is 0.836 bits per heavy atom. The zero-order chi connectivity index (χ0) is 53.5. The van der Waals surface area contributed by atoms with E-state index in [1.807, 2.05) is 39.4 Å². The van der Waals surface area contributed by atoms with E-state index in [1.165, 1.54) is 148 Å². The summed E-state index contributed by atoms with van der Waals surface area (Å²) in [7, 11) is 1.49. The maximum Gasteiger partial charge on any atom is 0.472 e. The van der Waals surface area contributed by atoms with E-state index in [0.29, 0.717) is 17.4 Å². The van der Waals surface area contributed by atoms with Gasteiger partial charge in [-0.15, -0.1) is 0 Å². The molecule has 3 N–H and O–H groups in total. The van der Waals surface area contributed by atoms with Crippen molar-refractivity contribution in [2.45, 2.75) is 251 Å². The first kappa shape index (κ1) is 70.2. The molecule has 0 saturated carbocycles. The van der Waals surface area contributed by atoms with Gasteiger partial charge in [0.25, 0.3) is 0 Å². The van der Waals surface area contributed by atoms with Gasteiger partial charge in [0, 0.05) is 6.42 Å². The number of aliphatic hydroxyl groups is 1. The van der Waals surface area contributed by atoms with Crippen LogP contribution in [0.2, 0.25) is 0 Å². The molecule has 0 rings (SSSR count). The minimum absolute atomic E-state index is 0.0340. The second-order valence-electron chi connectivity index (χ2n) is 21.0. The number of carbonyl (C=O) groups is 1. The van der Waals surface area contributed by atoms with Gasteiger partial charge in [-0.25, -0.2) is 4.57 Å². The van der Waals surface area contributed by atoms with E-state index in [0.717, 1.165) is 64.2 Å². The number of carbonyl (C=O) groups excluding carboxylic acids is 1. The van der Waals surface area contributed by atoms with Crippen molar-refractivity contribution in [3.8, 4) is 0 Å². The van der Waals surface area contributed by atoms with E-state index in [-0.39, 0.29) is 25.5 Å². The Bertz CT molecular complexity index is 1550. The highest BCUT2D eigenvalue weighted by Crippen LogP contribution is 2.43. The molecule has 3 unspecified atom stereocenters. The summed E-state index contributed by atoms with van der Waals surface area (Å²) >= 11 is 0. The molecule has 8 nitrogen and oxygen atoms in total. The zero-order valence-corrected chi connectivity index (χ0v) is 48.7. The highest BCUT2D eigenvalue weighted by atomic mass is 31.2. The monoisotopic (exact) mass is 1040 g/mol. The molecule has 73 heavy (non-hydrogen) atoms. The number of amides is 1. The van der Waals surface area contributed by atoms with Gasteiger partial charge >= 0.3 is 7.82 Å². The van der Waals surface area contributed by atoms with Crippen LogP contribution in [0.3, 0.4) is 0 Å². The van der Waals surface area contributed by atoms with E-state index in [9.17, 15) is 19.4 Å². The number of aliphatic hydroxyl groups excluding tert-OH is 1. The number of quaternary nitrogens is 1. The van der Waals surface area contributed by atoms with Crippen LogP contribution in [0.1, 0.15) is 239 Å². The molecule has 0 heterocycles. The van der Waals surface area contributed by atoms with Crippen LogP contribution in [0.15, 0.2) is 109 Å². The number of allylic oxidation sites excluding steroid dienone is 17. The predicted octanol–water partition coefficient (Wildman–Crippen LogP) is 18.4. The fourth-order valence-corrected chi connectivity index (χ4v) is 8.83. The third-order valence-corrected chi connectivity index (χ3v) is 13.7. The maximum atomic E-state index is 12.9. The van der Waals surface area contributed by atoms with Crippen molar-refractivity contribution in [1.29, 1.82) is 0 Å². The van der Waals surface area contributed by atoms with Gasteiger partial charge in [0.05, 0.1) is 39.9 Å². The highest BCUT2D eigenvalue weighted by molar-refractivity contribution is 7.47. The van der Waals surface area contributed by atoms with E-state index in [1.54, 1.807) is 6.08 Å². The maximum absolute atomic E-state index is 12.9. The quantitative estimate of drug-likeness (QED) is 0.0243. The summed E-state index contributed by atoms with van der Waals surface area (Å²) < 4.78 is 23.6. The molecule has 0 fully saturated rings. The van der Waals surface area contributed by atoms with E-state index in [4.69, 9.17) is 9.05 Å². The van der Waals surface area contributed by atoms with Crippen LogP contribution in [-0.4, -0.2) is 73.4 Å². The lowest BCUT2D eigenvalue weighted by molar-refractivity contribution is -0.870. The van der Waals surface area contributed by atoms with Gasteiger partial charge in [0.15, 0.2) is 0 Å². The first-order valence-corrected chi connectivity index (χ1v) is 31.3. The Labute approximate surface area is 451 Å². The van der Waals surface area contributed by atoms with E-state index in [2.05, 4.69) is 104 Å². The summed E-state index contributed by atoms with van der Waals surface area (Å²) in [5.74, 6) is -0.276. The molecule has 0 aliphatic rings. The van der Waals surface area contributed by atoms with Crippen molar-refractivity contribution in [2.75, 3.05) is 40.9 Å². The van der Waals surface area contributed by atoms with Crippen LogP contribution in [0.4, 0.5) is 0 Å². The van der Waals surface area contributed by atoms with Crippen molar-refractivity contribution < 1.29 is 32.9 Å².